The lowest BCUT2D eigenvalue weighted by Gasteiger charge is -2.11. The van der Waals surface area contributed by atoms with E-state index in [-0.39, 0.29) is 17.8 Å². The van der Waals surface area contributed by atoms with Crippen LogP contribution in [0.1, 0.15) is 21.5 Å². The molecule has 1 N–H and O–H groups in total. The normalized spacial score (nSPS) is 10.4. The van der Waals surface area contributed by atoms with E-state index >= 15 is 0 Å². The first-order chi connectivity index (χ1) is 12.1. The largest absolute Gasteiger partial charge is 0.348 e. The highest BCUT2D eigenvalue weighted by molar-refractivity contribution is 5.98. The lowest BCUT2D eigenvalue weighted by Crippen LogP contribution is -2.24. The molecule has 1 amide bonds. The van der Waals surface area contributed by atoms with Crippen molar-refractivity contribution in [2.24, 2.45) is 0 Å². The summed E-state index contributed by atoms with van der Waals surface area (Å²) in [5.74, 6) is -0.471. The molecule has 1 heterocycles. The molecule has 7 nitrogen and oxygen atoms in total. The van der Waals surface area contributed by atoms with E-state index in [1.807, 2.05) is 36.5 Å². The molecular formula is C18H16N4O3. The quantitative estimate of drug-likeness (QED) is 0.553. The van der Waals surface area contributed by atoms with Crippen LogP contribution < -0.4 is 5.32 Å². The van der Waals surface area contributed by atoms with Crippen molar-refractivity contribution in [3.8, 4) is 0 Å². The van der Waals surface area contributed by atoms with Crippen LogP contribution in [-0.4, -0.2) is 20.6 Å². The predicted molar refractivity (Wildman–Crippen MR) is 92.0 cm³/mol. The molecule has 0 radical (unpaired) electrons. The molecule has 0 saturated heterocycles. The number of benzene rings is 2. The third-order valence-electron chi connectivity index (χ3n) is 3.79. The van der Waals surface area contributed by atoms with Crippen molar-refractivity contribution < 1.29 is 9.72 Å². The van der Waals surface area contributed by atoms with E-state index in [1.165, 1.54) is 18.2 Å². The van der Waals surface area contributed by atoms with Gasteiger partial charge in [-0.05, 0) is 23.3 Å². The van der Waals surface area contributed by atoms with E-state index in [4.69, 9.17) is 0 Å². The maximum atomic E-state index is 12.3. The number of aromatic nitrogens is 2. The van der Waals surface area contributed by atoms with Crippen LogP contribution in [0.3, 0.4) is 0 Å². The van der Waals surface area contributed by atoms with Crippen LogP contribution in [0, 0.1) is 10.1 Å². The van der Waals surface area contributed by atoms with E-state index in [1.54, 1.807) is 16.9 Å². The Balaban J connectivity index is 1.74. The summed E-state index contributed by atoms with van der Waals surface area (Å²) < 4.78 is 1.79. The van der Waals surface area contributed by atoms with Gasteiger partial charge in [0.15, 0.2) is 0 Å². The molecule has 0 spiro atoms. The number of rotatable bonds is 6. The highest BCUT2D eigenvalue weighted by Gasteiger charge is 2.19. The van der Waals surface area contributed by atoms with Crippen molar-refractivity contribution in [2.75, 3.05) is 0 Å². The summed E-state index contributed by atoms with van der Waals surface area (Å²) in [5.41, 5.74) is 1.81. The molecule has 2 aromatic carbocycles. The number of nitrogens with zero attached hydrogens (tertiary/aromatic N) is 3. The molecule has 0 unspecified atom stereocenters. The number of carbonyl (C=O) groups excluding carboxylic acids is 1. The second-order valence-corrected chi connectivity index (χ2v) is 5.43. The Labute approximate surface area is 144 Å². The van der Waals surface area contributed by atoms with E-state index < -0.39 is 10.8 Å². The Morgan fingerprint density at radius 1 is 1.08 bits per heavy atom. The van der Waals surface area contributed by atoms with Gasteiger partial charge in [-0.2, -0.15) is 5.10 Å². The summed E-state index contributed by atoms with van der Waals surface area (Å²) in [5, 5.41) is 18.0. The fourth-order valence-electron chi connectivity index (χ4n) is 2.55. The van der Waals surface area contributed by atoms with Crippen molar-refractivity contribution in [1.82, 2.24) is 15.1 Å². The summed E-state index contributed by atoms with van der Waals surface area (Å²) in [6.45, 7) is 0.868. The first kappa shape index (κ1) is 16.4. The van der Waals surface area contributed by atoms with Gasteiger partial charge in [0, 0.05) is 25.0 Å². The highest BCUT2D eigenvalue weighted by Crippen LogP contribution is 2.18. The Bertz CT molecular complexity index is 891. The number of amides is 1. The summed E-state index contributed by atoms with van der Waals surface area (Å²) in [7, 11) is 0. The zero-order valence-electron chi connectivity index (χ0n) is 13.3. The lowest BCUT2D eigenvalue weighted by molar-refractivity contribution is -0.385. The second-order valence-electron chi connectivity index (χ2n) is 5.43. The zero-order chi connectivity index (χ0) is 17.6. The van der Waals surface area contributed by atoms with Crippen LogP contribution in [0.5, 0.6) is 0 Å². The van der Waals surface area contributed by atoms with Crippen molar-refractivity contribution >= 4 is 11.6 Å². The molecule has 25 heavy (non-hydrogen) atoms. The summed E-state index contributed by atoms with van der Waals surface area (Å²) in [6, 6.07) is 15.4. The van der Waals surface area contributed by atoms with E-state index in [0.717, 1.165) is 11.1 Å². The maximum Gasteiger partial charge on any atom is 0.282 e. The van der Waals surface area contributed by atoms with E-state index in [2.05, 4.69) is 10.4 Å². The van der Waals surface area contributed by atoms with Crippen LogP contribution in [0.15, 0.2) is 67.0 Å². The number of hydrogen-bond acceptors (Lipinski definition) is 4. The average molecular weight is 336 g/mol. The Morgan fingerprint density at radius 3 is 2.52 bits per heavy atom. The molecule has 3 rings (SSSR count). The van der Waals surface area contributed by atoms with Crippen LogP contribution in [0.2, 0.25) is 0 Å². The van der Waals surface area contributed by atoms with Gasteiger partial charge in [-0.15, -0.1) is 0 Å². The second kappa shape index (κ2) is 7.39. The van der Waals surface area contributed by atoms with Gasteiger partial charge in [-0.25, -0.2) is 0 Å². The minimum absolute atomic E-state index is 0.0528. The predicted octanol–water partition coefficient (Wildman–Crippen LogP) is 2.77. The molecule has 0 bridgehead atoms. The molecule has 0 fully saturated rings. The number of carbonyl (C=O) groups is 1. The van der Waals surface area contributed by atoms with E-state index in [0.29, 0.717) is 6.54 Å². The number of para-hydroxylation sites is 1. The number of hydrogen-bond donors (Lipinski definition) is 1. The van der Waals surface area contributed by atoms with Crippen LogP contribution in [0.25, 0.3) is 0 Å². The average Bonchev–Trinajstić information content (AvgIpc) is 3.13. The van der Waals surface area contributed by atoms with Gasteiger partial charge < -0.3 is 5.32 Å². The molecule has 126 valence electrons. The highest BCUT2D eigenvalue weighted by atomic mass is 16.6. The standard InChI is InChI=1S/C18H16N4O3/c23-18(16-8-3-4-9-17(16)22(24)25)19-12-14-6-1-2-7-15(14)13-21-11-5-10-20-21/h1-11H,12-13H2,(H,19,23). The first-order valence-electron chi connectivity index (χ1n) is 7.71. The van der Waals surface area contributed by atoms with Crippen LogP contribution >= 0.6 is 0 Å². The summed E-state index contributed by atoms with van der Waals surface area (Å²) in [6.07, 6.45) is 3.57. The zero-order valence-corrected chi connectivity index (χ0v) is 13.3. The third-order valence-corrected chi connectivity index (χ3v) is 3.79. The van der Waals surface area contributed by atoms with Crippen molar-refractivity contribution in [1.29, 1.82) is 0 Å². The first-order valence-corrected chi connectivity index (χ1v) is 7.71. The molecule has 0 atom stereocenters. The molecule has 7 heteroatoms. The smallest absolute Gasteiger partial charge is 0.282 e. The summed E-state index contributed by atoms with van der Waals surface area (Å²) in [4.78, 5) is 22.8. The van der Waals surface area contributed by atoms with Gasteiger partial charge in [-0.3, -0.25) is 19.6 Å². The maximum absolute atomic E-state index is 12.3. The molecule has 0 aliphatic carbocycles. The molecule has 0 saturated carbocycles. The molecule has 3 aromatic rings. The Kier molecular flexibility index (Phi) is 4.84. The van der Waals surface area contributed by atoms with Crippen molar-refractivity contribution in [2.45, 2.75) is 13.1 Å². The van der Waals surface area contributed by atoms with Gasteiger partial charge in [-0.1, -0.05) is 36.4 Å². The van der Waals surface area contributed by atoms with Gasteiger partial charge >= 0.3 is 0 Å². The Morgan fingerprint density at radius 2 is 1.80 bits per heavy atom. The number of nitro groups is 1. The lowest BCUT2D eigenvalue weighted by atomic mass is 10.1. The van der Waals surface area contributed by atoms with E-state index in [9.17, 15) is 14.9 Å². The molecular weight excluding hydrogens is 320 g/mol. The van der Waals surface area contributed by atoms with Gasteiger partial charge in [0.25, 0.3) is 11.6 Å². The molecule has 0 aliphatic rings. The SMILES string of the molecule is O=C(NCc1ccccc1Cn1cccn1)c1ccccc1[N+](=O)[O-]. The topological polar surface area (TPSA) is 90.1 Å². The van der Waals surface area contributed by atoms with Crippen LogP contribution in [-0.2, 0) is 13.1 Å². The van der Waals surface area contributed by atoms with Crippen molar-refractivity contribution in [3.63, 3.8) is 0 Å². The van der Waals surface area contributed by atoms with Crippen LogP contribution in [0.4, 0.5) is 5.69 Å². The molecule has 1 aromatic heterocycles. The number of nitrogens with one attached hydrogen (secondary N) is 1. The Hall–Kier alpha value is -3.48. The molecule has 0 aliphatic heterocycles. The number of nitro benzene ring substituents is 1. The van der Waals surface area contributed by atoms with Gasteiger partial charge in [0.1, 0.15) is 5.56 Å². The fraction of sp³-hybridized carbons (Fsp3) is 0.111. The minimum atomic E-state index is -0.555. The van der Waals surface area contributed by atoms with Gasteiger partial charge in [0.05, 0.1) is 11.5 Å². The summed E-state index contributed by atoms with van der Waals surface area (Å²) >= 11 is 0. The fourth-order valence-corrected chi connectivity index (χ4v) is 2.55. The minimum Gasteiger partial charge on any atom is -0.348 e. The van der Waals surface area contributed by atoms with Gasteiger partial charge in [0.2, 0.25) is 0 Å². The van der Waals surface area contributed by atoms with Crippen molar-refractivity contribution in [3.05, 3.63) is 93.8 Å². The third kappa shape index (κ3) is 3.89. The monoisotopic (exact) mass is 336 g/mol.